The molecule has 0 spiro atoms. The molecular formula is C14H13ClFNO2. The Morgan fingerprint density at radius 2 is 2.21 bits per heavy atom. The Morgan fingerprint density at radius 3 is 2.95 bits per heavy atom. The molecule has 0 radical (unpaired) electrons. The van der Waals surface area contributed by atoms with Crippen LogP contribution in [0.3, 0.4) is 0 Å². The summed E-state index contributed by atoms with van der Waals surface area (Å²) in [5.74, 6) is -0.0336. The summed E-state index contributed by atoms with van der Waals surface area (Å²) in [6, 6.07) is 6.36. The number of hydrogen-bond donors (Lipinski definition) is 1. The molecule has 0 bridgehead atoms. The van der Waals surface area contributed by atoms with Crippen LogP contribution in [0, 0.1) is 5.82 Å². The van der Waals surface area contributed by atoms with Crippen LogP contribution in [0.2, 0.25) is 5.02 Å². The standard InChI is InChI=1S/C14H13ClFNO2/c1-19-13-8-17-6-5-10(13)12(18)7-9-3-2-4-11(15)14(9)16/h2-6,8,12,18H,7H2,1H3. The molecule has 1 N–H and O–H groups in total. The van der Waals surface area contributed by atoms with E-state index in [2.05, 4.69) is 4.98 Å². The van der Waals surface area contributed by atoms with E-state index in [4.69, 9.17) is 16.3 Å². The normalized spacial score (nSPS) is 12.2. The van der Waals surface area contributed by atoms with Gasteiger partial charge in [0.15, 0.2) is 0 Å². The first-order chi connectivity index (χ1) is 9.13. The van der Waals surface area contributed by atoms with Gasteiger partial charge in [-0.25, -0.2) is 4.39 Å². The van der Waals surface area contributed by atoms with Crippen LogP contribution in [-0.2, 0) is 6.42 Å². The van der Waals surface area contributed by atoms with Crippen molar-refractivity contribution in [3.05, 3.63) is 58.6 Å². The molecule has 100 valence electrons. The minimum absolute atomic E-state index is 0.0476. The molecule has 1 atom stereocenters. The van der Waals surface area contributed by atoms with Crippen molar-refractivity contribution in [1.29, 1.82) is 0 Å². The number of aliphatic hydroxyl groups is 1. The van der Waals surface area contributed by atoms with Crippen molar-refractivity contribution in [3.8, 4) is 5.75 Å². The molecule has 1 aromatic heterocycles. The van der Waals surface area contributed by atoms with Gasteiger partial charge >= 0.3 is 0 Å². The largest absolute Gasteiger partial charge is 0.495 e. The van der Waals surface area contributed by atoms with Crippen molar-refractivity contribution >= 4 is 11.6 Å². The molecule has 2 rings (SSSR count). The highest BCUT2D eigenvalue weighted by atomic mass is 35.5. The molecule has 19 heavy (non-hydrogen) atoms. The van der Waals surface area contributed by atoms with E-state index in [1.54, 1.807) is 24.4 Å². The van der Waals surface area contributed by atoms with Crippen LogP contribution in [0.4, 0.5) is 4.39 Å². The zero-order valence-corrected chi connectivity index (χ0v) is 11.1. The molecule has 0 fully saturated rings. The maximum absolute atomic E-state index is 13.8. The van der Waals surface area contributed by atoms with E-state index in [0.29, 0.717) is 16.9 Å². The molecule has 0 aliphatic heterocycles. The number of nitrogens with zero attached hydrogens (tertiary/aromatic N) is 1. The van der Waals surface area contributed by atoms with Crippen molar-refractivity contribution < 1.29 is 14.2 Å². The third-order valence-electron chi connectivity index (χ3n) is 2.84. The Bertz CT molecular complexity index is 577. The number of aliphatic hydroxyl groups excluding tert-OH is 1. The number of benzene rings is 1. The van der Waals surface area contributed by atoms with Crippen LogP contribution in [-0.4, -0.2) is 17.2 Å². The van der Waals surface area contributed by atoms with Crippen LogP contribution in [0.25, 0.3) is 0 Å². The number of ether oxygens (including phenoxy) is 1. The Labute approximate surface area is 115 Å². The maximum Gasteiger partial charge on any atom is 0.145 e. The van der Waals surface area contributed by atoms with Gasteiger partial charge in [0.2, 0.25) is 0 Å². The van der Waals surface area contributed by atoms with Crippen LogP contribution < -0.4 is 4.74 Å². The van der Waals surface area contributed by atoms with Gasteiger partial charge in [0.1, 0.15) is 11.6 Å². The summed E-state index contributed by atoms with van der Waals surface area (Å²) in [7, 11) is 1.49. The predicted molar refractivity (Wildman–Crippen MR) is 70.9 cm³/mol. The maximum atomic E-state index is 13.8. The molecule has 2 aromatic rings. The summed E-state index contributed by atoms with van der Waals surface area (Å²) in [6.45, 7) is 0. The smallest absolute Gasteiger partial charge is 0.145 e. The second-order valence-electron chi connectivity index (χ2n) is 4.05. The van der Waals surface area contributed by atoms with Gasteiger partial charge < -0.3 is 9.84 Å². The zero-order valence-electron chi connectivity index (χ0n) is 10.3. The lowest BCUT2D eigenvalue weighted by atomic mass is 10.0. The molecule has 0 amide bonds. The molecule has 1 unspecified atom stereocenters. The number of hydrogen-bond acceptors (Lipinski definition) is 3. The highest BCUT2D eigenvalue weighted by Gasteiger charge is 2.16. The second kappa shape index (κ2) is 5.99. The summed E-state index contributed by atoms with van der Waals surface area (Å²) in [4.78, 5) is 3.91. The van der Waals surface area contributed by atoms with Gasteiger partial charge in [0.05, 0.1) is 24.4 Å². The van der Waals surface area contributed by atoms with Gasteiger partial charge in [-0.2, -0.15) is 0 Å². The van der Waals surface area contributed by atoms with Gasteiger partial charge in [0, 0.05) is 18.2 Å². The van der Waals surface area contributed by atoms with Gasteiger partial charge in [-0.1, -0.05) is 23.7 Å². The molecular weight excluding hydrogens is 269 g/mol. The number of halogens is 2. The average molecular weight is 282 g/mol. The van der Waals surface area contributed by atoms with Crippen LogP contribution in [0.15, 0.2) is 36.7 Å². The van der Waals surface area contributed by atoms with Crippen LogP contribution in [0.1, 0.15) is 17.2 Å². The molecule has 0 aliphatic rings. The monoisotopic (exact) mass is 281 g/mol. The second-order valence-corrected chi connectivity index (χ2v) is 4.46. The highest BCUT2D eigenvalue weighted by Crippen LogP contribution is 2.28. The Hall–Kier alpha value is -1.65. The Morgan fingerprint density at radius 1 is 1.42 bits per heavy atom. The van der Waals surface area contributed by atoms with Gasteiger partial charge in [-0.15, -0.1) is 0 Å². The molecule has 0 aliphatic carbocycles. The topological polar surface area (TPSA) is 42.4 Å². The predicted octanol–water partition coefficient (Wildman–Crippen LogP) is 3.16. The van der Waals surface area contributed by atoms with E-state index >= 15 is 0 Å². The van der Waals surface area contributed by atoms with Crippen molar-refractivity contribution in [2.45, 2.75) is 12.5 Å². The lowest BCUT2D eigenvalue weighted by molar-refractivity contribution is 0.172. The third-order valence-corrected chi connectivity index (χ3v) is 3.13. The first-order valence-electron chi connectivity index (χ1n) is 5.72. The van der Waals surface area contributed by atoms with E-state index in [0.717, 1.165) is 0 Å². The Balaban J connectivity index is 2.26. The summed E-state index contributed by atoms with van der Waals surface area (Å²) >= 11 is 5.71. The van der Waals surface area contributed by atoms with Crippen LogP contribution >= 0.6 is 11.6 Å². The number of methoxy groups -OCH3 is 1. The minimum Gasteiger partial charge on any atom is -0.495 e. The van der Waals surface area contributed by atoms with Crippen molar-refractivity contribution in [1.82, 2.24) is 4.98 Å². The average Bonchev–Trinajstić information content (AvgIpc) is 2.43. The molecule has 3 nitrogen and oxygen atoms in total. The first-order valence-corrected chi connectivity index (χ1v) is 6.10. The van der Waals surface area contributed by atoms with E-state index in [-0.39, 0.29) is 11.4 Å². The Kier molecular flexibility index (Phi) is 4.35. The lowest BCUT2D eigenvalue weighted by Crippen LogP contribution is -2.06. The summed E-state index contributed by atoms with van der Waals surface area (Å²) in [6.07, 6.45) is 2.29. The first kappa shape index (κ1) is 13.8. The van der Waals surface area contributed by atoms with Crippen molar-refractivity contribution in [3.63, 3.8) is 0 Å². The summed E-state index contributed by atoms with van der Waals surface area (Å²) in [5.41, 5.74) is 0.927. The van der Waals surface area contributed by atoms with Crippen molar-refractivity contribution in [2.24, 2.45) is 0 Å². The fourth-order valence-electron chi connectivity index (χ4n) is 1.86. The molecule has 0 saturated carbocycles. The number of pyridine rings is 1. The van der Waals surface area contributed by atoms with Gasteiger partial charge in [0.25, 0.3) is 0 Å². The molecule has 1 aromatic carbocycles. The van der Waals surface area contributed by atoms with Crippen LogP contribution in [0.5, 0.6) is 5.75 Å². The fraction of sp³-hybridized carbons (Fsp3) is 0.214. The fourth-order valence-corrected chi connectivity index (χ4v) is 2.06. The molecule has 1 heterocycles. The molecule has 5 heteroatoms. The highest BCUT2D eigenvalue weighted by molar-refractivity contribution is 6.30. The zero-order chi connectivity index (χ0) is 13.8. The minimum atomic E-state index is -0.883. The lowest BCUT2D eigenvalue weighted by Gasteiger charge is -2.14. The van der Waals surface area contributed by atoms with Gasteiger partial charge in [-0.3, -0.25) is 4.98 Å². The van der Waals surface area contributed by atoms with Gasteiger partial charge in [-0.05, 0) is 17.7 Å². The van der Waals surface area contributed by atoms with E-state index in [1.807, 2.05) is 0 Å². The SMILES string of the molecule is COc1cnccc1C(O)Cc1cccc(Cl)c1F. The molecule has 0 saturated heterocycles. The number of rotatable bonds is 4. The van der Waals surface area contributed by atoms with E-state index < -0.39 is 11.9 Å². The summed E-state index contributed by atoms with van der Waals surface area (Å²) < 4.78 is 18.9. The van der Waals surface area contributed by atoms with E-state index in [1.165, 1.54) is 19.4 Å². The van der Waals surface area contributed by atoms with Crippen molar-refractivity contribution in [2.75, 3.05) is 7.11 Å². The third kappa shape index (κ3) is 3.03. The van der Waals surface area contributed by atoms with E-state index in [9.17, 15) is 9.50 Å². The quantitative estimate of drug-likeness (QED) is 0.936. The number of aromatic nitrogens is 1. The summed E-state index contributed by atoms with van der Waals surface area (Å²) in [5, 5.41) is 10.2.